The predicted molar refractivity (Wildman–Crippen MR) is 58.3 cm³/mol. The minimum Gasteiger partial charge on any atom is -0.492 e. The van der Waals surface area contributed by atoms with Crippen LogP contribution in [0.1, 0.15) is 12.0 Å². The summed E-state index contributed by atoms with van der Waals surface area (Å²) in [7, 11) is -4.03. The van der Waals surface area contributed by atoms with Gasteiger partial charge in [0.1, 0.15) is 10.6 Å². The lowest BCUT2D eigenvalue weighted by Crippen LogP contribution is -2.18. The molecule has 7 nitrogen and oxygen atoms in total. The van der Waals surface area contributed by atoms with Gasteiger partial charge in [0.25, 0.3) is 5.69 Å². The van der Waals surface area contributed by atoms with E-state index < -0.39 is 14.9 Å². The van der Waals surface area contributed by atoms with Crippen LogP contribution in [0.2, 0.25) is 0 Å². The molecule has 0 aliphatic carbocycles. The van der Waals surface area contributed by atoms with Crippen LogP contribution in [-0.4, -0.2) is 19.9 Å². The van der Waals surface area contributed by atoms with Crippen LogP contribution in [0.25, 0.3) is 0 Å². The van der Waals surface area contributed by atoms with E-state index in [0.717, 1.165) is 6.07 Å². The van der Waals surface area contributed by atoms with Crippen molar-refractivity contribution in [1.29, 1.82) is 0 Å². The van der Waals surface area contributed by atoms with Crippen molar-refractivity contribution in [3.8, 4) is 5.75 Å². The summed E-state index contributed by atoms with van der Waals surface area (Å²) in [6, 6.07) is 2.25. The van der Waals surface area contributed by atoms with E-state index in [9.17, 15) is 18.5 Å². The van der Waals surface area contributed by atoms with Crippen molar-refractivity contribution in [3.05, 3.63) is 27.8 Å². The Kier molecular flexibility index (Phi) is 2.76. The number of nitrogens with two attached hydrogens (primary N) is 1. The first-order valence-electron chi connectivity index (χ1n) is 4.86. The first kappa shape index (κ1) is 11.8. The van der Waals surface area contributed by atoms with Gasteiger partial charge in [-0.3, -0.25) is 10.1 Å². The standard InChI is InChI=1S/C9H10N2O5S/c10-17(14,15)8-5-7(11(12)13)4-6-2-1-3-16-9(6)8/h4-5H,1-3H2,(H2,10,14,15). The third-order valence-electron chi connectivity index (χ3n) is 2.47. The number of fused-ring (bicyclic) bond motifs is 1. The van der Waals surface area contributed by atoms with Crippen LogP contribution in [0, 0.1) is 10.1 Å². The van der Waals surface area contributed by atoms with Crippen molar-refractivity contribution in [2.75, 3.05) is 6.61 Å². The highest BCUT2D eigenvalue weighted by atomic mass is 32.2. The molecular weight excluding hydrogens is 248 g/mol. The third kappa shape index (κ3) is 2.22. The van der Waals surface area contributed by atoms with Crippen LogP contribution >= 0.6 is 0 Å². The number of sulfonamides is 1. The molecule has 2 N–H and O–H groups in total. The number of rotatable bonds is 2. The third-order valence-corrected chi connectivity index (χ3v) is 3.39. The van der Waals surface area contributed by atoms with Gasteiger partial charge in [-0.15, -0.1) is 0 Å². The van der Waals surface area contributed by atoms with Crippen LogP contribution in [0.15, 0.2) is 17.0 Å². The first-order valence-corrected chi connectivity index (χ1v) is 6.41. The van der Waals surface area contributed by atoms with Crippen molar-refractivity contribution < 1.29 is 18.1 Å². The number of hydrogen-bond acceptors (Lipinski definition) is 5. The molecule has 1 aliphatic rings. The number of hydrogen-bond donors (Lipinski definition) is 1. The van der Waals surface area contributed by atoms with Gasteiger partial charge < -0.3 is 4.74 Å². The van der Waals surface area contributed by atoms with E-state index in [1.807, 2.05) is 0 Å². The Hall–Kier alpha value is -1.67. The topological polar surface area (TPSA) is 113 Å². The summed E-state index contributed by atoms with van der Waals surface area (Å²) in [6.07, 6.45) is 1.23. The van der Waals surface area contributed by atoms with Crippen molar-refractivity contribution in [3.63, 3.8) is 0 Å². The largest absolute Gasteiger partial charge is 0.492 e. The zero-order valence-electron chi connectivity index (χ0n) is 8.75. The van der Waals surface area contributed by atoms with Gasteiger partial charge >= 0.3 is 0 Å². The lowest BCUT2D eigenvalue weighted by atomic mass is 10.1. The summed E-state index contributed by atoms with van der Waals surface area (Å²) < 4.78 is 27.9. The molecule has 1 aromatic carbocycles. The molecule has 0 saturated heterocycles. The molecule has 0 spiro atoms. The number of nitro benzene ring substituents is 1. The van der Waals surface area contributed by atoms with E-state index in [-0.39, 0.29) is 16.3 Å². The van der Waals surface area contributed by atoms with Gasteiger partial charge in [-0.25, -0.2) is 13.6 Å². The molecule has 0 atom stereocenters. The zero-order chi connectivity index (χ0) is 12.6. The van der Waals surface area contributed by atoms with E-state index in [0.29, 0.717) is 25.0 Å². The smallest absolute Gasteiger partial charge is 0.271 e. The van der Waals surface area contributed by atoms with E-state index in [4.69, 9.17) is 9.88 Å². The maximum Gasteiger partial charge on any atom is 0.271 e. The maximum atomic E-state index is 11.4. The van der Waals surface area contributed by atoms with E-state index in [2.05, 4.69) is 0 Å². The number of benzene rings is 1. The molecule has 1 heterocycles. The molecular formula is C9H10N2O5S. The van der Waals surface area contributed by atoms with Crippen molar-refractivity contribution in [2.24, 2.45) is 5.14 Å². The van der Waals surface area contributed by atoms with Crippen LogP contribution in [-0.2, 0) is 16.4 Å². The van der Waals surface area contributed by atoms with E-state index in [1.165, 1.54) is 6.07 Å². The number of non-ortho nitro benzene ring substituents is 1. The highest BCUT2D eigenvalue weighted by Crippen LogP contribution is 2.35. The average molecular weight is 258 g/mol. The Labute approximate surface area is 97.4 Å². The van der Waals surface area contributed by atoms with Gasteiger partial charge in [0.2, 0.25) is 10.0 Å². The number of primary sulfonamides is 1. The summed E-state index contributed by atoms with van der Waals surface area (Å²) in [5.74, 6) is 0.143. The fourth-order valence-corrected chi connectivity index (χ4v) is 2.48. The van der Waals surface area contributed by atoms with E-state index in [1.54, 1.807) is 0 Å². The first-order chi connectivity index (χ1) is 7.89. The highest BCUT2D eigenvalue weighted by Gasteiger charge is 2.25. The summed E-state index contributed by atoms with van der Waals surface area (Å²) in [4.78, 5) is 9.73. The Morgan fingerprint density at radius 2 is 2.12 bits per heavy atom. The van der Waals surface area contributed by atoms with Gasteiger partial charge in [0.15, 0.2) is 0 Å². The van der Waals surface area contributed by atoms with Crippen LogP contribution in [0.3, 0.4) is 0 Å². The monoisotopic (exact) mass is 258 g/mol. The molecule has 2 rings (SSSR count). The molecule has 0 fully saturated rings. The number of nitro groups is 1. The predicted octanol–water partition coefficient (Wildman–Crippen LogP) is 0.567. The maximum absolute atomic E-state index is 11.4. The van der Waals surface area contributed by atoms with Gasteiger partial charge in [-0.1, -0.05) is 0 Å². The lowest BCUT2D eigenvalue weighted by Gasteiger charge is -2.19. The Balaban J connectivity index is 2.71. The second-order valence-electron chi connectivity index (χ2n) is 3.69. The molecule has 92 valence electrons. The Bertz CT molecular complexity index is 581. The second kappa shape index (κ2) is 3.97. The fourth-order valence-electron chi connectivity index (χ4n) is 1.75. The normalized spacial score (nSPS) is 14.9. The summed E-state index contributed by atoms with van der Waals surface area (Å²) in [5, 5.41) is 15.7. The molecule has 0 saturated carbocycles. The number of aryl methyl sites for hydroxylation is 1. The quantitative estimate of drug-likeness (QED) is 0.615. The molecule has 8 heteroatoms. The SMILES string of the molecule is NS(=O)(=O)c1cc([N+](=O)[O-])cc2c1OCCC2. The molecule has 0 aromatic heterocycles. The summed E-state index contributed by atoms with van der Waals surface area (Å²) >= 11 is 0. The summed E-state index contributed by atoms with van der Waals surface area (Å²) in [5.41, 5.74) is 0.216. The Morgan fingerprint density at radius 1 is 1.41 bits per heavy atom. The Morgan fingerprint density at radius 3 is 2.71 bits per heavy atom. The van der Waals surface area contributed by atoms with Crippen LogP contribution in [0.5, 0.6) is 5.75 Å². The average Bonchev–Trinajstić information content (AvgIpc) is 2.26. The van der Waals surface area contributed by atoms with Crippen molar-refractivity contribution in [1.82, 2.24) is 0 Å². The molecule has 17 heavy (non-hydrogen) atoms. The fraction of sp³-hybridized carbons (Fsp3) is 0.333. The van der Waals surface area contributed by atoms with Gasteiger partial charge in [0, 0.05) is 17.7 Å². The minimum atomic E-state index is -4.03. The zero-order valence-corrected chi connectivity index (χ0v) is 9.57. The minimum absolute atomic E-state index is 0.143. The molecule has 0 radical (unpaired) electrons. The number of ether oxygens (including phenoxy) is 1. The van der Waals surface area contributed by atoms with Gasteiger partial charge in [0.05, 0.1) is 11.5 Å². The van der Waals surface area contributed by atoms with Crippen LogP contribution < -0.4 is 9.88 Å². The van der Waals surface area contributed by atoms with E-state index >= 15 is 0 Å². The highest BCUT2D eigenvalue weighted by molar-refractivity contribution is 7.89. The number of nitrogens with zero attached hydrogens (tertiary/aromatic N) is 1. The van der Waals surface area contributed by atoms with Crippen molar-refractivity contribution in [2.45, 2.75) is 17.7 Å². The molecule has 1 aliphatic heterocycles. The molecule has 0 amide bonds. The van der Waals surface area contributed by atoms with Crippen LogP contribution in [0.4, 0.5) is 5.69 Å². The van der Waals surface area contributed by atoms with Gasteiger partial charge in [-0.05, 0) is 12.8 Å². The van der Waals surface area contributed by atoms with Gasteiger partial charge in [-0.2, -0.15) is 0 Å². The second-order valence-corrected chi connectivity index (χ2v) is 5.22. The van der Waals surface area contributed by atoms with Crippen molar-refractivity contribution >= 4 is 15.7 Å². The molecule has 0 bridgehead atoms. The molecule has 1 aromatic rings. The lowest BCUT2D eigenvalue weighted by molar-refractivity contribution is -0.385. The summed E-state index contributed by atoms with van der Waals surface area (Å²) in [6.45, 7) is 0.382. The molecule has 0 unspecified atom stereocenters.